The number of methoxy groups -OCH3 is 1. The molecule has 0 aliphatic carbocycles. The monoisotopic (exact) mass is 334 g/mol. The number of aryl methyl sites for hydroxylation is 1. The molecule has 0 atom stereocenters. The summed E-state index contributed by atoms with van der Waals surface area (Å²) in [6.45, 7) is 9.78. The lowest BCUT2D eigenvalue weighted by atomic mass is 10.2. The van der Waals surface area contributed by atoms with Gasteiger partial charge in [0.2, 0.25) is 0 Å². The highest BCUT2D eigenvalue weighted by Crippen LogP contribution is 2.29. The summed E-state index contributed by atoms with van der Waals surface area (Å²) in [7, 11) is 1.73. The normalized spacial score (nSPS) is 11.2. The van der Waals surface area contributed by atoms with E-state index in [4.69, 9.17) is 14.5 Å². The van der Waals surface area contributed by atoms with E-state index < -0.39 is 0 Å². The molecular weight excluding hydrogens is 308 g/mol. The quantitative estimate of drug-likeness (QED) is 0.677. The van der Waals surface area contributed by atoms with Crippen LogP contribution in [0.3, 0.4) is 0 Å². The lowest BCUT2D eigenvalue weighted by molar-refractivity contribution is 0.184. The van der Waals surface area contributed by atoms with Gasteiger partial charge in [0, 0.05) is 30.7 Å². The zero-order chi connectivity index (χ0) is 16.8. The van der Waals surface area contributed by atoms with E-state index in [9.17, 15) is 0 Å². The number of imidazole rings is 1. The van der Waals surface area contributed by atoms with Crippen LogP contribution in [0.4, 0.5) is 0 Å². The molecule has 0 unspecified atom stereocenters. The fourth-order valence-corrected chi connectivity index (χ4v) is 3.42. The Morgan fingerprint density at radius 2 is 1.96 bits per heavy atom. The summed E-state index contributed by atoms with van der Waals surface area (Å²) in [5.41, 5.74) is 3.48. The van der Waals surface area contributed by atoms with Gasteiger partial charge in [-0.2, -0.15) is 0 Å². The van der Waals surface area contributed by atoms with Gasteiger partial charge in [0.25, 0.3) is 0 Å². The maximum absolute atomic E-state index is 5.90. The van der Waals surface area contributed by atoms with Crippen molar-refractivity contribution in [2.75, 3.05) is 13.7 Å². The highest BCUT2D eigenvalue weighted by atomic mass is 32.2. The molecule has 4 nitrogen and oxygen atoms in total. The predicted molar refractivity (Wildman–Crippen MR) is 95.3 cm³/mol. The maximum atomic E-state index is 5.90. The Balaban J connectivity index is 2.14. The minimum absolute atomic E-state index is 0.175. The molecule has 0 aliphatic rings. The first-order chi connectivity index (χ1) is 11.0. The van der Waals surface area contributed by atoms with Gasteiger partial charge in [-0.1, -0.05) is 30.0 Å². The molecule has 0 bridgehead atoms. The second-order valence-corrected chi connectivity index (χ2v) is 6.72. The third-order valence-corrected chi connectivity index (χ3v) is 4.66. The summed E-state index contributed by atoms with van der Waals surface area (Å²) in [6, 6.07) is 8.22. The summed E-state index contributed by atoms with van der Waals surface area (Å²) >= 11 is 1.74. The maximum Gasteiger partial charge on any atom is 0.168 e. The molecule has 23 heavy (non-hydrogen) atoms. The minimum atomic E-state index is 0.175. The van der Waals surface area contributed by atoms with Gasteiger partial charge in [0.05, 0.1) is 18.4 Å². The average Bonchev–Trinajstić information content (AvgIpc) is 2.78. The van der Waals surface area contributed by atoms with Crippen LogP contribution in [0.5, 0.6) is 5.75 Å². The van der Waals surface area contributed by atoms with Crippen LogP contribution >= 0.6 is 11.8 Å². The fourth-order valence-electron chi connectivity index (χ4n) is 2.31. The van der Waals surface area contributed by atoms with E-state index in [1.807, 2.05) is 26.0 Å². The number of nitrogens with zero attached hydrogens (tertiary/aromatic N) is 2. The zero-order valence-corrected chi connectivity index (χ0v) is 15.4. The summed E-state index contributed by atoms with van der Waals surface area (Å²) in [5.74, 6) is 1.80. The highest BCUT2D eigenvalue weighted by molar-refractivity contribution is 7.98. The summed E-state index contributed by atoms with van der Waals surface area (Å²) < 4.78 is 13.3. The smallest absolute Gasteiger partial charge is 0.168 e. The van der Waals surface area contributed by atoms with Gasteiger partial charge in [-0.15, -0.1) is 0 Å². The van der Waals surface area contributed by atoms with Crippen molar-refractivity contribution in [2.45, 2.75) is 51.3 Å². The predicted octanol–water partition coefficient (Wildman–Crippen LogP) is 4.23. The first kappa shape index (κ1) is 17.9. The van der Waals surface area contributed by atoms with Crippen molar-refractivity contribution in [1.82, 2.24) is 9.55 Å². The standard InChI is InChI=1S/C18H26N2O2S/c1-13(2)22-17-9-7-6-8-16(17)12-23-18-19-14(3)15(4)20(18)10-11-21-5/h6-9,13H,10-12H2,1-5H3. The second-order valence-electron chi connectivity index (χ2n) is 5.77. The van der Waals surface area contributed by atoms with E-state index in [0.717, 1.165) is 28.9 Å². The molecular formula is C18H26N2O2S. The Morgan fingerprint density at radius 3 is 2.65 bits per heavy atom. The van der Waals surface area contributed by atoms with Crippen LogP contribution in [-0.2, 0) is 17.0 Å². The largest absolute Gasteiger partial charge is 0.491 e. The van der Waals surface area contributed by atoms with Gasteiger partial charge in [0.15, 0.2) is 5.16 Å². The van der Waals surface area contributed by atoms with Gasteiger partial charge in [-0.05, 0) is 33.8 Å². The van der Waals surface area contributed by atoms with Gasteiger partial charge in [-0.25, -0.2) is 4.98 Å². The Kier molecular flexibility index (Phi) is 6.54. The number of thioether (sulfide) groups is 1. The fraction of sp³-hybridized carbons (Fsp3) is 0.500. The SMILES string of the molecule is COCCn1c(SCc2ccccc2OC(C)C)nc(C)c1C. The van der Waals surface area contributed by atoms with E-state index in [1.54, 1.807) is 18.9 Å². The molecule has 2 rings (SSSR count). The molecule has 5 heteroatoms. The molecule has 0 amide bonds. The average molecular weight is 334 g/mol. The molecule has 126 valence electrons. The lowest BCUT2D eigenvalue weighted by Crippen LogP contribution is -2.08. The van der Waals surface area contributed by atoms with E-state index in [2.05, 4.69) is 30.5 Å². The Morgan fingerprint density at radius 1 is 1.22 bits per heavy atom. The van der Waals surface area contributed by atoms with Crippen molar-refractivity contribution in [3.05, 3.63) is 41.2 Å². The summed E-state index contributed by atoms with van der Waals surface area (Å²) in [4.78, 5) is 4.70. The van der Waals surface area contributed by atoms with Crippen molar-refractivity contribution in [2.24, 2.45) is 0 Å². The molecule has 0 N–H and O–H groups in total. The van der Waals surface area contributed by atoms with Gasteiger partial charge >= 0.3 is 0 Å². The number of para-hydroxylation sites is 1. The molecule has 1 heterocycles. The van der Waals surface area contributed by atoms with Gasteiger partial charge < -0.3 is 14.0 Å². The van der Waals surface area contributed by atoms with Crippen LogP contribution in [0.2, 0.25) is 0 Å². The summed E-state index contributed by atoms with van der Waals surface area (Å²) in [6.07, 6.45) is 0.175. The summed E-state index contributed by atoms with van der Waals surface area (Å²) in [5, 5.41) is 1.04. The first-order valence-corrected chi connectivity index (χ1v) is 8.91. The molecule has 0 saturated heterocycles. The van der Waals surface area contributed by atoms with Crippen LogP contribution in [0.15, 0.2) is 29.4 Å². The second kappa shape index (κ2) is 8.41. The third-order valence-electron chi connectivity index (χ3n) is 3.63. The Labute approximate surface area is 143 Å². The van der Waals surface area contributed by atoms with Crippen molar-refractivity contribution in [3.63, 3.8) is 0 Å². The molecule has 0 radical (unpaired) electrons. The van der Waals surface area contributed by atoms with Crippen LogP contribution in [0, 0.1) is 13.8 Å². The van der Waals surface area contributed by atoms with E-state index in [-0.39, 0.29) is 6.10 Å². The van der Waals surface area contributed by atoms with Gasteiger partial charge in [-0.3, -0.25) is 0 Å². The zero-order valence-electron chi connectivity index (χ0n) is 14.6. The number of rotatable bonds is 8. The highest BCUT2D eigenvalue weighted by Gasteiger charge is 2.13. The topological polar surface area (TPSA) is 36.3 Å². The third kappa shape index (κ3) is 4.75. The number of hydrogen-bond donors (Lipinski definition) is 0. The van der Waals surface area contributed by atoms with Crippen molar-refractivity contribution in [1.29, 1.82) is 0 Å². The molecule has 0 spiro atoms. The van der Waals surface area contributed by atoms with Crippen LogP contribution < -0.4 is 4.74 Å². The molecule has 0 aliphatic heterocycles. The van der Waals surface area contributed by atoms with E-state index in [1.165, 1.54) is 11.3 Å². The van der Waals surface area contributed by atoms with Crippen LogP contribution in [0.1, 0.15) is 30.8 Å². The molecule has 0 fully saturated rings. The van der Waals surface area contributed by atoms with Crippen LogP contribution in [0.25, 0.3) is 0 Å². The molecule has 1 aromatic carbocycles. The molecule has 0 saturated carbocycles. The van der Waals surface area contributed by atoms with E-state index in [0.29, 0.717) is 6.61 Å². The number of aromatic nitrogens is 2. The lowest BCUT2D eigenvalue weighted by Gasteiger charge is -2.14. The Hall–Kier alpha value is -1.46. The van der Waals surface area contributed by atoms with Crippen molar-refractivity contribution >= 4 is 11.8 Å². The first-order valence-electron chi connectivity index (χ1n) is 7.93. The van der Waals surface area contributed by atoms with Crippen LogP contribution in [-0.4, -0.2) is 29.4 Å². The molecule has 2 aromatic rings. The van der Waals surface area contributed by atoms with Crippen molar-refractivity contribution in [3.8, 4) is 5.75 Å². The minimum Gasteiger partial charge on any atom is -0.491 e. The number of benzene rings is 1. The molecule has 1 aromatic heterocycles. The number of ether oxygens (including phenoxy) is 2. The van der Waals surface area contributed by atoms with Gasteiger partial charge in [0.1, 0.15) is 5.75 Å². The number of hydrogen-bond acceptors (Lipinski definition) is 4. The Bertz CT molecular complexity index is 638. The van der Waals surface area contributed by atoms with E-state index >= 15 is 0 Å². The van der Waals surface area contributed by atoms with Crippen molar-refractivity contribution < 1.29 is 9.47 Å².